The number of hydrogen-bond donors (Lipinski definition) is 1. The topological polar surface area (TPSA) is 54.4 Å². The molecular formula is C11H16F2O3S. The minimum atomic E-state index is -5.28. The van der Waals surface area contributed by atoms with Gasteiger partial charge in [-0.1, -0.05) is 0 Å². The minimum Gasteiger partial charge on any atom is -0.281 e. The zero-order valence-corrected chi connectivity index (χ0v) is 10.2. The maximum atomic E-state index is 13.8. The number of halogens is 2. The van der Waals surface area contributed by atoms with E-state index in [2.05, 4.69) is 0 Å². The molecule has 0 aliphatic heterocycles. The summed E-state index contributed by atoms with van der Waals surface area (Å²) in [6.07, 6.45) is 3.97. The van der Waals surface area contributed by atoms with Crippen LogP contribution in [-0.2, 0) is 10.1 Å². The fourth-order valence-electron chi connectivity index (χ4n) is 4.65. The van der Waals surface area contributed by atoms with E-state index in [4.69, 9.17) is 4.55 Å². The molecule has 98 valence electrons. The van der Waals surface area contributed by atoms with Crippen LogP contribution in [0.15, 0.2) is 0 Å². The number of alkyl halides is 2. The molecule has 17 heavy (non-hydrogen) atoms. The summed E-state index contributed by atoms with van der Waals surface area (Å²) < 4.78 is 58.2. The maximum absolute atomic E-state index is 13.8. The van der Waals surface area contributed by atoms with E-state index in [9.17, 15) is 17.2 Å². The van der Waals surface area contributed by atoms with Gasteiger partial charge in [-0.25, -0.2) is 0 Å². The molecule has 0 saturated heterocycles. The van der Waals surface area contributed by atoms with Gasteiger partial charge in [0.1, 0.15) is 0 Å². The first-order valence-corrected chi connectivity index (χ1v) is 7.58. The summed E-state index contributed by atoms with van der Waals surface area (Å²) in [6, 6.07) is 0. The molecule has 6 heteroatoms. The van der Waals surface area contributed by atoms with Gasteiger partial charge in [0.2, 0.25) is 0 Å². The van der Waals surface area contributed by atoms with Crippen LogP contribution in [0.3, 0.4) is 0 Å². The second kappa shape index (κ2) is 3.41. The van der Waals surface area contributed by atoms with Gasteiger partial charge < -0.3 is 0 Å². The molecule has 0 aromatic heterocycles. The summed E-state index contributed by atoms with van der Waals surface area (Å²) in [4.78, 5) is 0. The second-order valence-corrected chi connectivity index (χ2v) is 7.49. The highest BCUT2D eigenvalue weighted by Crippen LogP contribution is 2.60. The van der Waals surface area contributed by atoms with Gasteiger partial charge >= 0.3 is 15.4 Å². The molecule has 0 aromatic carbocycles. The maximum Gasteiger partial charge on any atom is 0.373 e. The predicted molar refractivity (Wildman–Crippen MR) is 57.0 cm³/mol. The second-order valence-electron chi connectivity index (χ2n) is 5.99. The summed E-state index contributed by atoms with van der Waals surface area (Å²) in [5.41, 5.74) is 0. The highest BCUT2D eigenvalue weighted by atomic mass is 32.2. The molecule has 1 N–H and O–H groups in total. The lowest BCUT2D eigenvalue weighted by molar-refractivity contribution is -0.125. The van der Waals surface area contributed by atoms with Gasteiger partial charge in [0, 0.05) is 5.92 Å². The Labute approximate surface area is 99.3 Å². The van der Waals surface area contributed by atoms with Gasteiger partial charge in [0.05, 0.1) is 0 Å². The Balaban J connectivity index is 1.95. The van der Waals surface area contributed by atoms with Gasteiger partial charge in [0.25, 0.3) is 0 Å². The summed E-state index contributed by atoms with van der Waals surface area (Å²) >= 11 is 0. The lowest BCUT2D eigenvalue weighted by Gasteiger charge is -2.55. The monoisotopic (exact) mass is 266 g/mol. The largest absolute Gasteiger partial charge is 0.373 e. The van der Waals surface area contributed by atoms with Crippen molar-refractivity contribution in [2.45, 2.75) is 37.4 Å². The van der Waals surface area contributed by atoms with Crippen LogP contribution in [0.25, 0.3) is 0 Å². The van der Waals surface area contributed by atoms with Crippen molar-refractivity contribution in [1.82, 2.24) is 0 Å². The van der Waals surface area contributed by atoms with Crippen LogP contribution in [0, 0.1) is 29.6 Å². The zero-order chi connectivity index (χ0) is 12.4. The summed E-state index contributed by atoms with van der Waals surface area (Å²) in [5.74, 6) is -0.589. The summed E-state index contributed by atoms with van der Waals surface area (Å²) in [5, 5.41) is -3.96. The smallest absolute Gasteiger partial charge is 0.281 e. The van der Waals surface area contributed by atoms with Gasteiger partial charge in [-0.3, -0.25) is 4.55 Å². The van der Waals surface area contributed by atoms with Gasteiger partial charge in [0.15, 0.2) is 0 Å². The number of rotatable bonds is 2. The van der Waals surface area contributed by atoms with Crippen molar-refractivity contribution in [3.8, 4) is 0 Å². The molecule has 3 nitrogen and oxygen atoms in total. The van der Waals surface area contributed by atoms with Crippen molar-refractivity contribution in [1.29, 1.82) is 0 Å². The Morgan fingerprint density at radius 2 is 1.35 bits per heavy atom. The van der Waals surface area contributed by atoms with E-state index < -0.39 is 21.3 Å². The first-order valence-electron chi connectivity index (χ1n) is 6.14. The van der Waals surface area contributed by atoms with Crippen molar-refractivity contribution >= 4 is 10.1 Å². The van der Waals surface area contributed by atoms with Crippen molar-refractivity contribution in [3.63, 3.8) is 0 Å². The van der Waals surface area contributed by atoms with Crippen LogP contribution in [0.1, 0.15) is 32.1 Å². The van der Waals surface area contributed by atoms with E-state index in [0.717, 1.165) is 6.42 Å². The third-order valence-electron chi connectivity index (χ3n) is 4.96. The first-order chi connectivity index (χ1) is 7.79. The standard InChI is InChI=1S/C11H16F2O3S/c12-11(13,17(14,15)16)10-8-2-6-1-7(4-8)5-9(10)3-6/h6-10H,1-5H2,(H,14,15,16). The van der Waals surface area contributed by atoms with Crippen molar-refractivity contribution in [3.05, 3.63) is 0 Å². The average Bonchev–Trinajstić information content (AvgIpc) is 2.12. The Bertz CT molecular complexity index is 404. The highest BCUT2D eigenvalue weighted by molar-refractivity contribution is 7.86. The van der Waals surface area contributed by atoms with Crippen LogP contribution in [0.2, 0.25) is 0 Å². The van der Waals surface area contributed by atoms with Gasteiger partial charge in [-0.2, -0.15) is 17.2 Å². The highest BCUT2D eigenvalue weighted by Gasteiger charge is 2.62. The molecule has 4 fully saturated rings. The quantitative estimate of drug-likeness (QED) is 0.781. The molecular weight excluding hydrogens is 250 g/mol. The van der Waals surface area contributed by atoms with E-state index in [1.807, 2.05) is 0 Å². The third kappa shape index (κ3) is 1.63. The lowest BCUT2D eigenvalue weighted by atomic mass is 9.52. The van der Waals surface area contributed by atoms with Gasteiger partial charge in [-0.15, -0.1) is 0 Å². The molecule has 0 amide bonds. The molecule has 4 saturated carbocycles. The van der Waals surface area contributed by atoms with Crippen LogP contribution < -0.4 is 0 Å². The minimum absolute atomic E-state index is 0.219. The fraction of sp³-hybridized carbons (Fsp3) is 1.00. The van der Waals surface area contributed by atoms with E-state index in [1.165, 1.54) is 0 Å². The lowest BCUT2D eigenvalue weighted by Crippen LogP contribution is -2.54. The zero-order valence-electron chi connectivity index (χ0n) is 9.35. The van der Waals surface area contributed by atoms with Gasteiger partial charge in [-0.05, 0) is 55.8 Å². The predicted octanol–water partition coefficient (Wildman–Crippen LogP) is 2.54. The Morgan fingerprint density at radius 1 is 0.941 bits per heavy atom. The van der Waals surface area contributed by atoms with E-state index in [0.29, 0.717) is 37.5 Å². The normalized spacial score (nSPS) is 45.2. The summed E-state index contributed by atoms with van der Waals surface area (Å²) in [6.45, 7) is 0. The van der Waals surface area contributed by atoms with Crippen molar-refractivity contribution < 1.29 is 21.8 Å². The van der Waals surface area contributed by atoms with Crippen molar-refractivity contribution in [2.24, 2.45) is 29.6 Å². The Morgan fingerprint density at radius 3 is 1.71 bits per heavy atom. The Kier molecular flexibility index (Phi) is 2.37. The van der Waals surface area contributed by atoms with Crippen molar-refractivity contribution in [2.75, 3.05) is 0 Å². The molecule has 4 rings (SSSR count). The molecule has 0 unspecified atom stereocenters. The van der Waals surface area contributed by atoms with Crippen LogP contribution in [0.4, 0.5) is 8.78 Å². The third-order valence-corrected chi connectivity index (χ3v) is 5.92. The SMILES string of the molecule is O=S(=O)(O)C(F)(F)C1C2CC3CC(C2)CC1C3. The molecule has 4 aliphatic carbocycles. The van der Waals surface area contributed by atoms with Crippen LogP contribution in [0.5, 0.6) is 0 Å². The van der Waals surface area contributed by atoms with Crippen LogP contribution in [-0.4, -0.2) is 18.2 Å². The molecule has 0 aromatic rings. The summed E-state index contributed by atoms with van der Waals surface area (Å²) in [7, 11) is -5.28. The average molecular weight is 266 g/mol. The molecule has 4 aliphatic rings. The Hall–Kier alpha value is -0.230. The first kappa shape index (κ1) is 11.8. The number of hydrogen-bond acceptors (Lipinski definition) is 2. The van der Waals surface area contributed by atoms with E-state index >= 15 is 0 Å². The van der Waals surface area contributed by atoms with Crippen LogP contribution >= 0.6 is 0 Å². The fourth-order valence-corrected chi connectivity index (χ4v) is 5.37. The molecule has 4 bridgehead atoms. The molecule has 0 atom stereocenters. The van der Waals surface area contributed by atoms with E-state index in [-0.39, 0.29) is 11.8 Å². The molecule has 0 radical (unpaired) electrons. The van der Waals surface area contributed by atoms with E-state index in [1.54, 1.807) is 0 Å². The molecule has 0 spiro atoms. The molecule has 0 heterocycles.